The second kappa shape index (κ2) is 3.37. The Morgan fingerprint density at radius 1 is 1.00 bits per heavy atom. The number of phenolic OH excluding ortho intramolecular Hbond substituents is 1. The third kappa shape index (κ3) is 1.52. The highest BCUT2D eigenvalue weighted by atomic mass is 16.3. The predicted molar refractivity (Wildman–Crippen MR) is 49.5 cm³/mol. The Balaban J connectivity index is 2.50. The minimum atomic E-state index is 0.125. The van der Waals surface area contributed by atoms with E-state index in [9.17, 15) is 5.11 Å². The lowest BCUT2D eigenvalue weighted by Crippen LogP contribution is -1.98. The lowest BCUT2D eigenvalue weighted by Gasteiger charge is -2.00. The van der Waals surface area contributed by atoms with Gasteiger partial charge in [-0.15, -0.1) is 20.4 Å². The molecule has 0 fully saturated rings. The molecule has 0 aliphatic heterocycles. The Hall–Kier alpha value is -2.04. The summed E-state index contributed by atoms with van der Waals surface area (Å²) in [4.78, 5) is 0. The lowest BCUT2D eigenvalue weighted by atomic mass is 10.2. The topological polar surface area (TPSA) is 71.8 Å². The molecule has 0 amide bonds. The van der Waals surface area contributed by atoms with Gasteiger partial charge in [0.2, 0.25) is 5.82 Å². The molecule has 1 aromatic carbocycles. The molecule has 1 aromatic heterocycles. The highest BCUT2D eigenvalue weighted by Gasteiger charge is 2.06. The summed E-state index contributed by atoms with van der Waals surface area (Å²) in [6.07, 6.45) is 0. The number of para-hydroxylation sites is 1. The molecule has 1 heterocycles. The molecule has 14 heavy (non-hydrogen) atoms. The van der Waals surface area contributed by atoms with Crippen LogP contribution in [0.25, 0.3) is 11.4 Å². The van der Waals surface area contributed by atoms with Crippen molar-refractivity contribution in [2.45, 2.75) is 6.92 Å². The first kappa shape index (κ1) is 8.55. The summed E-state index contributed by atoms with van der Waals surface area (Å²) in [7, 11) is 0. The maximum absolute atomic E-state index is 9.50. The second-order valence-electron chi connectivity index (χ2n) is 2.79. The standard InChI is InChI=1S/C9H8N4O/c1-6-10-12-9(13-11-6)7-4-2-3-5-8(7)14/h2-5,14H,1H3. The van der Waals surface area contributed by atoms with Gasteiger partial charge >= 0.3 is 0 Å². The first-order valence-corrected chi connectivity index (χ1v) is 4.10. The van der Waals surface area contributed by atoms with Gasteiger partial charge in [-0.05, 0) is 19.1 Å². The quantitative estimate of drug-likeness (QED) is 0.721. The van der Waals surface area contributed by atoms with Gasteiger partial charge in [0.05, 0.1) is 5.56 Å². The van der Waals surface area contributed by atoms with Gasteiger partial charge in [-0.3, -0.25) is 0 Å². The Labute approximate surface area is 80.5 Å². The normalized spacial score (nSPS) is 10.1. The summed E-state index contributed by atoms with van der Waals surface area (Å²) in [6.45, 7) is 1.70. The summed E-state index contributed by atoms with van der Waals surface area (Å²) in [6, 6.07) is 6.80. The summed E-state index contributed by atoms with van der Waals surface area (Å²) in [5.74, 6) is 0.956. The maximum atomic E-state index is 9.50. The van der Waals surface area contributed by atoms with E-state index in [1.807, 2.05) is 0 Å². The molecule has 2 aromatic rings. The predicted octanol–water partition coefficient (Wildman–Crippen LogP) is 0.948. The van der Waals surface area contributed by atoms with Gasteiger partial charge in [0.25, 0.3) is 0 Å². The summed E-state index contributed by atoms with van der Waals surface area (Å²) >= 11 is 0. The molecule has 0 aliphatic carbocycles. The van der Waals surface area contributed by atoms with Crippen molar-refractivity contribution in [3.05, 3.63) is 30.1 Å². The van der Waals surface area contributed by atoms with Gasteiger partial charge < -0.3 is 5.11 Å². The molecule has 0 radical (unpaired) electrons. The third-order valence-corrected chi connectivity index (χ3v) is 1.72. The molecule has 0 saturated heterocycles. The Kier molecular flexibility index (Phi) is 2.06. The van der Waals surface area contributed by atoms with Gasteiger partial charge in [0.15, 0.2) is 5.82 Å². The molecular weight excluding hydrogens is 180 g/mol. The largest absolute Gasteiger partial charge is 0.507 e. The fraction of sp³-hybridized carbons (Fsp3) is 0.111. The van der Waals surface area contributed by atoms with E-state index in [-0.39, 0.29) is 5.75 Å². The van der Waals surface area contributed by atoms with Crippen LogP contribution in [0.4, 0.5) is 0 Å². The van der Waals surface area contributed by atoms with Crippen molar-refractivity contribution in [2.75, 3.05) is 0 Å². The summed E-state index contributed by atoms with van der Waals surface area (Å²) < 4.78 is 0. The minimum absolute atomic E-state index is 0.125. The molecule has 5 nitrogen and oxygen atoms in total. The average Bonchev–Trinajstić information content (AvgIpc) is 2.20. The van der Waals surface area contributed by atoms with E-state index in [4.69, 9.17) is 0 Å². The van der Waals surface area contributed by atoms with Crippen LogP contribution in [0.5, 0.6) is 5.75 Å². The molecule has 5 heteroatoms. The van der Waals surface area contributed by atoms with Gasteiger partial charge in [0.1, 0.15) is 5.75 Å². The van der Waals surface area contributed by atoms with Gasteiger partial charge in [-0.2, -0.15) is 0 Å². The zero-order valence-electron chi connectivity index (χ0n) is 7.55. The second-order valence-corrected chi connectivity index (χ2v) is 2.79. The molecule has 0 spiro atoms. The van der Waals surface area contributed by atoms with Crippen molar-refractivity contribution in [3.63, 3.8) is 0 Å². The van der Waals surface area contributed by atoms with E-state index in [1.54, 1.807) is 31.2 Å². The first-order valence-electron chi connectivity index (χ1n) is 4.10. The fourth-order valence-electron chi connectivity index (χ4n) is 1.05. The van der Waals surface area contributed by atoms with Crippen molar-refractivity contribution in [1.29, 1.82) is 0 Å². The number of nitrogens with zero attached hydrogens (tertiary/aromatic N) is 4. The fourth-order valence-corrected chi connectivity index (χ4v) is 1.05. The smallest absolute Gasteiger partial charge is 0.207 e. The molecule has 0 saturated carbocycles. The number of hydrogen-bond acceptors (Lipinski definition) is 5. The van der Waals surface area contributed by atoms with Crippen LogP contribution in [-0.2, 0) is 0 Å². The number of phenols is 1. The first-order chi connectivity index (χ1) is 6.77. The van der Waals surface area contributed by atoms with E-state index in [2.05, 4.69) is 20.4 Å². The van der Waals surface area contributed by atoms with Crippen LogP contribution in [0.2, 0.25) is 0 Å². The van der Waals surface area contributed by atoms with E-state index in [0.717, 1.165) is 0 Å². The lowest BCUT2D eigenvalue weighted by molar-refractivity contribution is 0.476. The monoisotopic (exact) mass is 188 g/mol. The minimum Gasteiger partial charge on any atom is -0.507 e. The molecule has 1 N–H and O–H groups in total. The molecule has 0 bridgehead atoms. The van der Waals surface area contributed by atoms with Crippen molar-refractivity contribution in [3.8, 4) is 17.1 Å². The van der Waals surface area contributed by atoms with Crippen LogP contribution >= 0.6 is 0 Å². The van der Waals surface area contributed by atoms with Crippen molar-refractivity contribution >= 4 is 0 Å². The van der Waals surface area contributed by atoms with E-state index in [0.29, 0.717) is 17.2 Å². The van der Waals surface area contributed by atoms with Crippen LogP contribution in [0.15, 0.2) is 24.3 Å². The van der Waals surface area contributed by atoms with Crippen LogP contribution in [0, 0.1) is 6.92 Å². The zero-order valence-corrected chi connectivity index (χ0v) is 7.55. The summed E-state index contributed by atoms with van der Waals surface area (Å²) in [5.41, 5.74) is 0.535. The maximum Gasteiger partial charge on any atom is 0.207 e. The molecule has 0 atom stereocenters. The van der Waals surface area contributed by atoms with Crippen LogP contribution in [0.3, 0.4) is 0 Å². The summed E-state index contributed by atoms with van der Waals surface area (Å²) in [5, 5.41) is 24.7. The van der Waals surface area contributed by atoms with Crippen molar-refractivity contribution in [2.24, 2.45) is 0 Å². The number of aromatic nitrogens is 4. The van der Waals surface area contributed by atoms with Gasteiger partial charge in [-0.1, -0.05) is 12.1 Å². The van der Waals surface area contributed by atoms with Crippen molar-refractivity contribution in [1.82, 2.24) is 20.4 Å². The van der Waals surface area contributed by atoms with Crippen LogP contribution < -0.4 is 0 Å². The van der Waals surface area contributed by atoms with Gasteiger partial charge in [-0.25, -0.2) is 0 Å². The SMILES string of the molecule is Cc1nnc(-c2ccccc2O)nn1. The van der Waals surface area contributed by atoms with E-state index in [1.165, 1.54) is 0 Å². The van der Waals surface area contributed by atoms with Crippen LogP contribution in [-0.4, -0.2) is 25.5 Å². The average molecular weight is 188 g/mol. The molecule has 2 rings (SSSR count). The van der Waals surface area contributed by atoms with Gasteiger partial charge in [0, 0.05) is 0 Å². The zero-order chi connectivity index (χ0) is 9.97. The number of benzene rings is 1. The molecule has 0 aliphatic rings. The highest BCUT2D eigenvalue weighted by molar-refractivity contribution is 5.62. The molecule has 0 unspecified atom stereocenters. The van der Waals surface area contributed by atoms with E-state index >= 15 is 0 Å². The Bertz CT molecular complexity index is 441. The number of aromatic hydroxyl groups is 1. The molecule has 70 valence electrons. The third-order valence-electron chi connectivity index (χ3n) is 1.72. The number of aryl methyl sites for hydroxylation is 1. The Morgan fingerprint density at radius 3 is 2.29 bits per heavy atom. The molecular formula is C9H8N4O. The number of hydrogen-bond donors (Lipinski definition) is 1. The number of rotatable bonds is 1. The Morgan fingerprint density at radius 2 is 1.64 bits per heavy atom. The van der Waals surface area contributed by atoms with Crippen molar-refractivity contribution < 1.29 is 5.11 Å². The highest BCUT2D eigenvalue weighted by Crippen LogP contribution is 2.24. The van der Waals surface area contributed by atoms with E-state index < -0.39 is 0 Å². The van der Waals surface area contributed by atoms with Crippen LogP contribution in [0.1, 0.15) is 5.82 Å².